The monoisotopic (exact) mass is 350 g/mol. The van der Waals surface area contributed by atoms with E-state index in [1.165, 1.54) is 5.69 Å². The van der Waals surface area contributed by atoms with Gasteiger partial charge in [0.05, 0.1) is 6.54 Å². The molecule has 0 spiro atoms. The van der Waals surface area contributed by atoms with E-state index in [0.717, 1.165) is 30.0 Å². The molecule has 24 heavy (non-hydrogen) atoms. The Hall–Kier alpha value is -2.05. The lowest BCUT2D eigenvalue weighted by atomic mass is 10.1. The van der Waals surface area contributed by atoms with Crippen molar-refractivity contribution in [3.63, 3.8) is 0 Å². The Morgan fingerprint density at radius 1 is 1.33 bits per heavy atom. The predicted molar refractivity (Wildman–Crippen MR) is 94.3 cm³/mol. The summed E-state index contributed by atoms with van der Waals surface area (Å²) in [5.41, 5.74) is 3.23. The molecule has 0 saturated carbocycles. The number of para-hydroxylation sites is 1. The Morgan fingerprint density at radius 2 is 2.08 bits per heavy atom. The van der Waals surface area contributed by atoms with Gasteiger partial charge in [-0.3, -0.25) is 9.48 Å². The van der Waals surface area contributed by atoms with Gasteiger partial charge >= 0.3 is 0 Å². The average molecular weight is 351 g/mol. The highest BCUT2D eigenvalue weighted by molar-refractivity contribution is 5.85. The van der Waals surface area contributed by atoms with Crippen molar-refractivity contribution in [2.75, 3.05) is 20.1 Å². The lowest BCUT2D eigenvalue weighted by Crippen LogP contribution is -2.40. The first kappa shape index (κ1) is 18.3. The van der Waals surface area contributed by atoms with Crippen molar-refractivity contribution in [1.82, 2.24) is 20.0 Å². The topological polar surface area (TPSA) is 59.4 Å². The zero-order chi connectivity index (χ0) is 16.2. The standard InChI is InChI=1S/C17H22N4O2.ClH/c1-18-10-17(22)21-9-8-16-14(11-21)15(19-20(16)2)12-23-13-6-4-3-5-7-13;/h3-7,18H,8-12H2,1-2H3;1H. The third-order valence-electron chi connectivity index (χ3n) is 4.12. The number of fused-ring (bicyclic) bond motifs is 1. The highest BCUT2D eigenvalue weighted by atomic mass is 35.5. The molecule has 3 rings (SSSR count). The molecule has 1 aromatic heterocycles. The van der Waals surface area contributed by atoms with Gasteiger partial charge < -0.3 is 15.0 Å². The van der Waals surface area contributed by atoms with Crippen LogP contribution in [0.1, 0.15) is 17.0 Å². The number of likely N-dealkylation sites (N-methyl/N-ethyl adjacent to an activating group) is 1. The third-order valence-corrected chi connectivity index (χ3v) is 4.12. The van der Waals surface area contributed by atoms with Crippen molar-refractivity contribution < 1.29 is 9.53 Å². The van der Waals surface area contributed by atoms with Crippen LogP contribution in [-0.2, 0) is 31.4 Å². The van der Waals surface area contributed by atoms with Crippen LogP contribution in [0, 0.1) is 0 Å². The molecule has 1 aliphatic heterocycles. The van der Waals surface area contributed by atoms with Gasteiger partial charge in [0, 0.05) is 37.8 Å². The molecule has 0 saturated heterocycles. The van der Waals surface area contributed by atoms with Crippen LogP contribution < -0.4 is 10.1 Å². The van der Waals surface area contributed by atoms with Crippen LogP contribution in [0.5, 0.6) is 5.75 Å². The van der Waals surface area contributed by atoms with Crippen LogP contribution in [0.15, 0.2) is 30.3 Å². The predicted octanol–water partition coefficient (Wildman–Crippen LogP) is 1.52. The minimum absolute atomic E-state index is 0. The van der Waals surface area contributed by atoms with Crippen molar-refractivity contribution in [1.29, 1.82) is 0 Å². The lowest BCUT2D eigenvalue weighted by Gasteiger charge is -2.27. The highest BCUT2D eigenvalue weighted by Gasteiger charge is 2.26. The Kier molecular flexibility index (Phi) is 6.23. The number of nitrogens with zero attached hydrogens (tertiary/aromatic N) is 3. The molecule has 2 heterocycles. The van der Waals surface area contributed by atoms with Crippen molar-refractivity contribution in [3.05, 3.63) is 47.3 Å². The fraction of sp³-hybridized carbons (Fsp3) is 0.412. The van der Waals surface area contributed by atoms with Crippen molar-refractivity contribution >= 4 is 18.3 Å². The number of hydrogen-bond donors (Lipinski definition) is 1. The van der Waals surface area contributed by atoms with Gasteiger partial charge in [0.1, 0.15) is 18.1 Å². The van der Waals surface area contributed by atoms with Crippen LogP contribution in [0.2, 0.25) is 0 Å². The molecule has 0 atom stereocenters. The Morgan fingerprint density at radius 3 is 2.79 bits per heavy atom. The van der Waals surface area contributed by atoms with E-state index in [2.05, 4.69) is 10.4 Å². The van der Waals surface area contributed by atoms with Crippen LogP contribution in [-0.4, -0.2) is 40.7 Å². The maximum absolute atomic E-state index is 12.1. The Bertz CT molecular complexity index is 687. The Balaban J connectivity index is 0.00000208. The first-order valence-electron chi connectivity index (χ1n) is 7.83. The van der Waals surface area contributed by atoms with E-state index in [1.807, 2.05) is 47.0 Å². The van der Waals surface area contributed by atoms with Gasteiger partial charge in [-0.25, -0.2) is 0 Å². The molecule has 1 aromatic carbocycles. The SMILES string of the molecule is CNCC(=O)N1CCc2c(c(COc3ccccc3)nn2C)C1.Cl. The number of aromatic nitrogens is 2. The van der Waals surface area contributed by atoms with Gasteiger partial charge in [-0.15, -0.1) is 12.4 Å². The summed E-state index contributed by atoms with van der Waals surface area (Å²) in [5.74, 6) is 0.947. The molecule has 0 radical (unpaired) electrons. The fourth-order valence-electron chi connectivity index (χ4n) is 2.93. The van der Waals surface area contributed by atoms with Gasteiger partial charge in [0.2, 0.25) is 5.91 Å². The fourth-order valence-corrected chi connectivity index (χ4v) is 2.93. The normalized spacial score (nSPS) is 13.2. The summed E-state index contributed by atoms with van der Waals surface area (Å²) in [6, 6.07) is 9.71. The quantitative estimate of drug-likeness (QED) is 0.888. The van der Waals surface area contributed by atoms with Gasteiger partial charge in [-0.05, 0) is 19.2 Å². The molecule has 6 nitrogen and oxygen atoms in total. The molecule has 0 unspecified atom stereocenters. The summed E-state index contributed by atoms with van der Waals surface area (Å²) < 4.78 is 7.74. The number of carbonyl (C=O) groups is 1. The number of hydrogen-bond acceptors (Lipinski definition) is 4. The molecule has 1 N–H and O–H groups in total. The second kappa shape index (κ2) is 8.17. The number of aryl methyl sites for hydroxylation is 1. The Labute approximate surface area is 148 Å². The maximum Gasteiger partial charge on any atom is 0.236 e. The first-order chi connectivity index (χ1) is 11.2. The number of ether oxygens (including phenoxy) is 1. The molecule has 130 valence electrons. The van der Waals surface area contributed by atoms with Gasteiger partial charge in [-0.2, -0.15) is 5.10 Å². The summed E-state index contributed by atoms with van der Waals surface area (Å²) >= 11 is 0. The molecular weight excluding hydrogens is 328 g/mol. The highest BCUT2D eigenvalue weighted by Crippen LogP contribution is 2.23. The van der Waals surface area contributed by atoms with Crippen LogP contribution >= 0.6 is 12.4 Å². The molecule has 0 aliphatic carbocycles. The molecule has 1 aliphatic rings. The number of amides is 1. The second-order valence-corrected chi connectivity index (χ2v) is 5.69. The van der Waals surface area contributed by atoms with Crippen LogP contribution in [0.4, 0.5) is 0 Å². The number of benzene rings is 1. The van der Waals surface area contributed by atoms with E-state index in [9.17, 15) is 4.79 Å². The zero-order valence-electron chi connectivity index (χ0n) is 14.0. The molecule has 1 amide bonds. The molecule has 7 heteroatoms. The van der Waals surface area contributed by atoms with Crippen molar-refractivity contribution in [2.24, 2.45) is 7.05 Å². The molecular formula is C17H23ClN4O2. The van der Waals surface area contributed by atoms with Crippen LogP contribution in [0.3, 0.4) is 0 Å². The van der Waals surface area contributed by atoms with E-state index in [1.54, 1.807) is 7.05 Å². The van der Waals surface area contributed by atoms with E-state index < -0.39 is 0 Å². The van der Waals surface area contributed by atoms with E-state index in [-0.39, 0.29) is 18.3 Å². The first-order valence-corrected chi connectivity index (χ1v) is 7.83. The zero-order valence-corrected chi connectivity index (χ0v) is 14.8. The third kappa shape index (κ3) is 3.88. The summed E-state index contributed by atoms with van der Waals surface area (Å²) in [5, 5.41) is 7.50. The van der Waals surface area contributed by atoms with E-state index in [0.29, 0.717) is 19.7 Å². The van der Waals surface area contributed by atoms with E-state index in [4.69, 9.17) is 4.74 Å². The minimum Gasteiger partial charge on any atom is -0.487 e. The lowest BCUT2D eigenvalue weighted by molar-refractivity contribution is -0.131. The summed E-state index contributed by atoms with van der Waals surface area (Å²) in [4.78, 5) is 14.0. The van der Waals surface area contributed by atoms with Crippen molar-refractivity contribution in [3.8, 4) is 5.75 Å². The van der Waals surface area contributed by atoms with E-state index >= 15 is 0 Å². The number of rotatable bonds is 5. The minimum atomic E-state index is 0. The maximum atomic E-state index is 12.1. The van der Waals surface area contributed by atoms with Gasteiger partial charge in [-0.1, -0.05) is 18.2 Å². The summed E-state index contributed by atoms with van der Waals surface area (Å²) in [7, 11) is 3.74. The summed E-state index contributed by atoms with van der Waals surface area (Å²) in [6.45, 7) is 2.13. The summed E-state index contributed by atoms with van der Waals surface area (Å²) in [6.07, 6.45) is 0.833. The van der Waals surface area contributed by atoms with Gasteiger partial charge in [0.25, 0.3) is 0 Å². The van der Waals surface area contributed by atoms with Crippen LogP contribution in [0.25, 0.3) is 0 Å². The number of carbonyl (C=O) groups excluding carboxylic acids is 1. The number of halogens is 1. The smallest absolute Gasteiger partial charge is 0.236 e. The molecule has 2 aromatic rings. The molecule has 0 bridgehead atoms. The number of nitrogens with one attached hydrogen (secondary N) is 1. The molecule has 0 fully saturated rings. The van der Waals surface area contributed by atoms with Crippen molar-refractivity contribution in [2.45, 2.75) is 19.6 Å². The largest absolute Gasteiger partial charge is 0.487 e. The van der Waals surface area contributed by atoms with Gasteiger partial charge in [0.15, 0.2) is 0 Å². The second-order valence-electron chi connectivity index (χ2n) is 5.69. The average Bonchev–Trinajstić information content (AvgIpc) is 2.90.